The SMILES string of the molecule is CCCCCCCCCCCCCCCCCC(=O)OC.CCCCCCCCCCCCCCCCCC(=O)OC. The van der Waals surface area contributed by atoms with E-state index in [0.29, 0.717) is 12.8 Å². The maximum Gasteiger partial charge on any atom is 0.305 e. The molecule has 0 aliphatic rings. The molecule has 0 bridgehead atoms. The summed E-state index contributed by atoms with van der Waals surface area (Å²) in [5.74, 6) is -0.130. The normalized spacial score (nSPS) is 10.8. The second-order valence-electron chi connectivity index (χ2n) is 12.6. The lowest BCUT2D eigenvalue weighted by Gasteiger charge is -2.03. The van der Waals surface area contributed by atoms with Crippen molar-refractivity contribution in [3.63, 3.8) is 0 Å². The fourth-order valence-corrected chi connectivity index (χ4v) is 5.49. The molecule has 4 nitrogen and oxygen atoms in total. The van der Waals surface area contributed by atoms with E-state index in [0.717, 1.165) is 12.8 Å². The van der Waals surface area contributed by atoms with Crippen molar-refractivity contribution in [2.24, 2.45) is 0 Å². The van der Waals surface area contributed by atoms with Crippen LogP contribution in [0.1, 0.15) is 219 Å². The second-order valence-corrected chi connectivity index (χ2v) is 12.6. The van der Waals surface area contributed by atoms with E-state index in [2.05, 4.69) is 23.3 Å². The van der Waals surface area contributed by atoms with E-state index in [4.69, 9.17) is 0 Å². The van der Waals surface area contributed by atoms with Crippen molar-refractivity contribution in [3.8, 4) is 0 Å². The van der Waals surface area contributed by atoms with Crippen LogP contribution in [0.25, 0.3) is 0 Å². The number of carbonyl (C=O) groups excluding carboxylic acids is 2. The Morgan fingerprint density at radius 3 is 0.643 bits per heavy atom. The van der Waals surface area contributed by atoms with Gasteiger partial charge in [-0.25, -0.2) is 0 Å². The van der Waals surface area contributed by atoms with E-state index in [9.17, 15) is 9.59 Å². The molecule has 0 N–H and O–H groups in total. The Hall–Kier alpha value is -1.06. The Morgan fingerprint density at radius 2 is 0.476 bits per heavy atom. The van der Waals surface area contributed by atoms with Crippen LogP contribution in [-0.2, 0) is 19.1 Å². The lowest BCUT2D eigenvalue weighted by atomic mass is 10.0. The second kappa shape index (κ2) is 39.9. The third-order valence-corrected chi connectivity index (χ3v) is 8.42. The summed E-state index contributed by atoms with van der Waals surface area (Å²) in [4.78, 5) is 21.8. The maximum atomic E-state index is 10.9. The molecule has 4 heteroatoms. The van der Waals surface area contributed by atoms with Gasteiger partial charge in [-0.2, -0.15) is 0 Å². The van der Waals surface area contributed by atoms with Crippen molar-refractivity contribution in [3.05, 3.63) is 0 Å². The van der Waals surface area contributed by atoms with Gasteiger partial charge in [0, 0.05) is 12.8 Å². The topological polar surface area (TPSA) is 52.6 Å². The van der Waals surface area contributed by atoms with Gasteiger partial charge in [-0.1, -0.05) is 194 Å². The molecule has 0 amide bonds. The first kappa shape index (κ1) is 43.1. The summed E-state index contributed by atoms with van der Waals surface area (Å²) in [5.41, 5.74) is 0. The van der Waals surface area contributed by atoms with E-state index in [-0.39, 0.29) is 11.9 Å². The van der Waals surface area contributed by atoms with Gasteiger partial charge in [-0.05, 0) is 12.8 Å². The van der Waals surface area contributed by atoms with Gasteiger partial charge >= 0.3 is 11.9 Å². The summed E-state index contributed by atoms with van der Waals surface area (Å²) in [7, 11) is 2.93. The molecule has 0 unspecified atom stereocenters. The predicted molar refractivity (Wildman–Crippen MR) is 183 cm³/mol. The first-order valence-corrected chi connectivity index (χ1v) is 18.8. The molecule has 42 heavy (non-hydrogen) atoms. The van der Waals surface area contributed by atoms with Crippen LogP contribution in [-0.4, -0.2) is 26.2 Å². The van der Waals surface area contributed by atoms with Crippen LogP contribution in [0.3, 0.4) is 0 Å². The molecule has 252 valence electrons. The summed E-state index contributed by atoms with van der Waals surface area (Å²) in [6.07, 6.45) is 41.9. The first-order chi connectivity index (χ1) is 20.6. The smallest absolute Gasteiger partial charge is 0.305 e. The molecular formula is C38H76O4. The van der Waals surface area contributed by atoms with Crippen molar-refractivity contribution >= 4 is 11.9 Å². The number of hydrogen-bond donors (Lipinski definition) is 0. The molecule has 0 radical (unpaired) electrons. The number of rotatable bonds is 32. The van der Waals surface area contributed by atoms with E-state index in [1.54, 1.807) is 0 Å². The van der Waals surface area contributed by atoms with Gasteiger partial charge in [0.2, 0.25) is 0 Å². The highest BCUT2D eigenvalue weighted by atomic mass is 16.5. The van der Waals surface area contributed by atoms with Crippen molar-refractivity contribution in [2.45, 2.75) is 219 Å². The number of hydrogen-bond acceptors (Lipinski definition) is 4. The molecule has 0 aliphatic carbocycles. The highest BCUT2D eigenvalue weighted by Crippen LogP contribution is 2.15. The zero-order valence-corrected chi connectivity index (χ0v) is 29.3. The lowest BCUT2D eigenvalue weighted by Crippen LogP contribution is -1.99. The third-order valence-electron chi connectivity index (χ3n) is 8.42. The minimum atomic E-state index is -0.0651. The van der Waals surface area contributed by atoms with Crippen LogP contribution >= 0.6 is 0 Å². The van der Waals surface area contributed by atoms with Gasteiger partial charge in [-0.15, -0.1) is 0 Å². The quantitative estimate of drug-likeness (QED) is 0.0572. The molecule has 0 atom stereocenters. The number of ether oxygens (including phenoxy) is 2. The average Bonchev–Trinajstić information content (AvgIpc) is 3.01. The average molecular weight is 597 g/mol. The van der Waals surface area contributed by atoms with Crippen LogP contribution in [0.5, 0.6) is 0 Å². The zero-order valence-electron chi connectivity index (χ0n) is 29.3. The van der Waals surface area contributed by atoms with Gasteiger partial charge in [0.15, 0.2) is 0 Å². The molecule has 0 aromatic carbocycles. The molecule has 0 spiro atoms. The van der Waals surface area contributed by atoms with Crippen molar-refractivity contribution in [1.82, 2.24) is 0 Å². The number of carbonyl (C=O) groups is 2. The Bertz CT molecular complexity index is 473. The number of unbranched alkanes of at least 4 members (excludes halogenated alkanes) is 28. The van der Waals surface area contributed by atoms with Crippen molar-refractivity contribution < 1.29 is 19.1 Å². The largest absolute Gasteiger partial charge is 0.469 e. The monoisotopic (exact) mass is 597 g/mol. The van der Waals surface area contributed by atoms with Crippen LogP contribution in [0.15, 0.2) is 0 Å². The summed E-state index contributed by atoms with van der Waals surface area (Å²) in [5, 5.41) is 0. The van der Waals surface area contributed by atoms with Crippen LogP contribution in [0.4, 0.5) is 0 Å². The first-order valence-electron chi connectivity index (χ1n) is 18.8. The van der Waals surface area contributed by atoms with Gasteiger partial charge < -0.3 is 9.47 Å². The molecule has 0 aromatic heterocycles. The highest BCUT2D eigenvalue weighted by Gasteiger charge is 2.00. The zero-order chi connectivity index (χ0) is 31.2. The Balaban J connectivity index is 0. The third kappa shape index (κ3) is 41.1. The summed E-state index contributed by atoms with van der Waals surface area (Å²) in [6.45, 7) is 4.55. The van der Waals surface area contributed by atoms with Crippen LogP contribution < -0.4 is 0 Å². The van der Waals surface area contributed by atoms with Gasteiger partial charge in [0.25, 0.3) is 0 Å². The summed E-state index contributed by atoms with van der Waals surface area (Å²) in [6, 6.07) is 0. The molecule has 0 fully saturated rings. The number of esters is 2. The van der Waals surface area contributed by atoms with E-state index in [1.165, 1.54) is 194 Å². The molecule has 0 saturated carbocycles. The van der Waals surface area contributed by atoms with E-state index < -0.39 is 0 Å². The van der Waals surface area contributed by atoms with Gasteiger partial charge in [0.1, 0.15) is 0 Å². The minimum absolute atomic E-state index is 0.0651. The van der Waals surface area contributed by atoms with Crippen molar-refractivity contribution in [1.29, 1.82) is 0 Å². The molecule has 0 aromatic rings. The lowest BCUT2D eigenvalue weighted by molar-refractivity contribution is -0.141. The van der Waals surface area contributed by atoms with Crippen LogP contribution in [0, 0.1) is 0 Å². The Labute approximate surface area is 264 Å². The standard InChI is InChI=1S/2C19H38O2/c2*1-3-4-5-6-7-8-9-10-11-12-13-14-15-16-17-18-19(20)21-2/h2*3-18H2,1-2H3. The Morgan fingerprint density at radius 1 is 0.310 bits per heavy atom. The summed E-state index contributed by atoms with van der Waals surface area (Å²) < 4.78 is 9.26. The van der Waals surface area contributed by atoms with Gasteiger partial charge in [-0.3, -0.25) is 9.59 Å². The van der Waals surface area contributed by atoms with E-state index >= 15 is 0 Å². The molecule has 0 rings (SSSR count). The molecule has 0 heterocycles. The molecule has 0 aliphatic heterocycles. The summed E-state index contributed by atoms with van der Waals surface area (Å²) >= 11 is 0. The highest BCUT2D eigenvalue weighted by molar-refractivity contribution is 5.69. The number of methoxy groups -OCH3 is 2. The fourth-order valence-electron chi connectivity index (χ4n) is 5.49. The predicted octanol–water partition coefficient (Wildman–Crippen LogP) is 12.8. The van der Waals surface area contributed by atoms with Crippen LogP contribution in [0.2, 0.25) is 0 Å². The Kier molecular flexibility index (Phi) is 41.0. The minimum Gasteiger partial charge on any atom is -0.469 e. The maximum absolute atomic E-state index is 10.9. The molecular weight excluding hydrogens is 520 g/mol. The van der Waals surface area contributed by atoms with Crippen molar-refractivity contribution in [2.75, 3.05) is 14.2 Å². The fraction of sp³-hybridized carbons (Fsp3) is 0.947. The van der Waals surface area contributed by atoms with E-state index in [1.807, 2.05) is 0 Å². The molecule has 0 saturated heterocycles. The van der Waals surface area contributed by atoms with Gasteiger partial charge in [0.05, 0.1) is 14.2 Å².